The van der Waals surface area contributed by atoms with E-state index in [4.69, 9.17) is 13.9 Å². The maximum absolute atomic E-state index is 12.1. The van der Waals surface area contributed by atoms with Crippen molar-refractivity contribution in [1.29, 1.82) is 0 Å². The third kappa shape index (κ3) is 6.18. The van der Waals surface area contributed by atoms with E-state index in [1.807, 2.05) is 18.3 Å². The lowest BCUT2D eigenvalue weighted by molar-refractivity contribution is 0.0526. The molecule has 1 heterocycles. The number of carbonyl (C=O) groups is 2. The van der Waals surface area contributed by atoms with Crippen LogP contribution in [-0.4, -0.2) is 51.6 Å². The molecule has 1 aromatic rings. The third-order valence-corrected chi connectivity index (χ3v) is 10.0. The van der Waals surface area contributed by atoms with Crippen LogP contribution in [0.25, 0.3) is 5.57 Å². The molecule has 0 atom stereocenters. The van der Waals surface area contributed by atoms with E-state index >= 15 is 0 Å². The van der Waals surface area contributed by atoms with Gasteiger partial charge in [-0.2, -0.15) is 0 Å². The van der Waals surface area contributed by atoms with Crippen LogP contribution in [0.1, 0.15) is 50.0 Å². The van der Waals surface area contributed by atoms with Gasteiger partial charge in [0.2, 0.25) is 0 Å². The number of esters is 1. The molecule has 0 N–H and O–H groups in total. The SMILES string of the molecule is CCOC(=O)c1cccc(/C(=C/N2CCOC2=O)CCO[Si](C)(C)C(C)(C)C)c1. The van der Waals surface area contributed by atoms with Crippen LogP contribution in [0, 0.1) is 0 Å². The molecule has 0 saturated carbocycles. The molecule has 0 aromatic heterocycles. The number of hydrogen-bond donors (Lipinski definition) is 0. The van der Waals surface area contributed by atoms with Crippen molar-refractivity contribution in [2.75, 3.05) is 26.4 Å². The highest BCUT2D eigenvalue weighted by Crippen LogP contribution is 2.37. The van der Waals surface area contributed by atoms with Crippen LogP contribution in [0.3, 0.4) is 0 Å². The van der Waals surface area contributed by atoms with Gasteiger partial charge in [0.15, 0.2) is 8.32 Å². The number of rotatable bonds is 8. The Morgan fingerprint density at radius 1 is 1.28 bits per heavy atom. The Morgan fingerprint density at radius 3 is 2.55 bits per heavy atom. The molecule has 0 spiro atoms. The van der Waals surface area contributed by atoms with Crippen LogP contribution in [0.5, 0.6) is 0 Å². The lowest BCUT2D eigenvalue weighted by atomic mass is 10.0. The predicted molar refractivity (Wildman–Crippen MR) is 116 cm³/mol. The molecular weight excluding hydrogens is 386 g/mol. The minimum atomic E-state index is -1.88. The molecule has 1 aromatic carbocycles. The fraction of sp³-hybridized carbons (Fsp3) is 0.545. The summed E-state index contributed by atoms with van der Waals surface area (Å²) >= 11 is 0. The van der Waals surface area contributed by atoms with Crippen LogP contribution in [0.4, 0.5) is 4.79 Å². The van der Waals surface area contributed by atoms with E-state index in [-0.39, 0.29) is 17.1 Å². The van der Waals surface area contributed by atoms with Gasteiger partial charge in [0.05, 0.1) is 18.7 Å². The summed E-state index contributed by atoms with van der Waals surface area (Å²) in [5, 5.41) is 0.124. The molecule has 1 aliphatic heterocycles. The Bertz CT molecular complexity index is 767. The van der Waals surface area contributed by atoms with E-state index < -0.39 is 8.32 Å². The minimum Gasteiger partial charge on any atom is -0.462 e. The van der Waals surface area contributed by atoms with E-state index in [1.54, 1.807) is 24.0 Å². The molecule has 0 radical (unpaired) electrons. The van der Waals surface area contributed by atoms with Crippen LogP contribution in [-0.2, 0) is 13.9 Å². The normalized spacial score (nSPS) is 15.4. The van der Waals surface area contributed by atoms with Gasteiger partial charge in [-0.05, 0) is 54.7 Å². The number of cyclic esters (lactones) is 1. The van der Waals surface area contributed by atoms with Crippen molar-refractivity contribution in [3.05, 3.63) is 41.6 Å². The van der Waals surface area contributed by atoms with Gasteiger partial charge in [0.1, 0.15) is 6.61 Å². The first-order valence-corrected chi connectivity index (χ1v) is 13.0. The second kappa shape index (κ2) is 9.58. The largest absolute Gasteiger partial charge is 0.462 e. The molecule has 29 heavy (non-hydrogen) atoms. The number of hydrogen-bond acceptors (Lipinski definition) is 5. The summed E-state index contributed by atoms with van der Waals surface area (Å²) in [5.41, 5.74) is 2.28. The molecule has 1 saturated heterocycles. The summed E-state index contributed by atoms with van der Waals surface area (Å²) < 4.78 is 16.5. The second-order valence-corrected chi connectivity index (χ2v) is 13.4. The summed E-state index contributed by atoms with van der Waals surface area (Å²) in [6.07, 6.45) is 2.09. The number of ether oxygens (including phenoxy) is 2. The van der Waals surface area contributed by atoms with Crippen molar-refractivity contribution in [2.45, 2.75) is 52.2 Å². The highest BCUT2D eigenvalue weighted by molar-refractivity contribution is 6.74. The fourth-order valence-electron chi connectivity index (χ4n) is 2.69. The van der Waals surface area contributed by atoms with E-state index in [0.717, 1.165) is 11.1 Å². The Hall–Kier alpha value is -2.12. The molecular formula is C22H33NO5Si. The van der Waals surface area contributed by atoms with Gasteiger partial charge >= 0.3 is 12.1 Å². The molecule has 1 amide bonds. The summed E-state index contributed by atoms with van der Waals surface area (Å²) in [4.78, 5) is 25.6. The Morgan fingerprint density at radius 2 is 1.97 bits per heavy atom. The Labute approximate surface area is 175 Å². The lowest BCUT2D eigenvalue weighted by Crippen LogP contribution is -2.41. The average Bonchev–Trinajstić information content (AvgIpc) is 3.05. The molecule has 0 bridgehead atoms. The zero-order valence-electron chi connectivity index (χ0n) is 18.4. The molecule has 0 aliphatic carbocycles. The van der Waals surface area contributed by atoms with Crippen LogP contribution in [0.2, 0.25) is 18.1 Å². The van der Waals surface area contributed by atoms with Crippen molar-refractivity contribution in [1.82, 2.24) is 4.90 Å². The highest BCUT2D eigenvalue weighted by atomic mass is 28.4. The third-order valence-electron chi connectivity index (χ3n) is 5.49. The van der Waals surface area contributed by atoms with E-state index in [9.17, 15) is 9.59 Å². The van der Waals surface area contributed by atoms with Crippen LogP contribution < -0.4 is 0 Å². The predicted octanol–water partition coefficient (Wildman–Crippen LogP) is 5.07. The van der Waals surface area contributed by atoms with Gasteiger partial charge in [0.25, 0.3) is 0 Å². The van der Waals surface area contributed by atoms with Gasteiger partial charge in [0, 0.05) is 12.8 Å². The van der Waals surface area contributed by atoms with Gasteiger partial charge in [-0.1, -0.05) is 32.9 Å². The lowest BCUT2D eigenvalue weighted by Gasteiger charge is -2.36. The van der Waals surface area contributed by atoms with Crippen molar-refractivity contribution in [3.8, 4) is 0 Å². The number of benzene rings is 1. The standard InChI is InChI=1S/C22H33NO5Si/c1-7-26-20(24)18-10-8-9-17(15-18)19(16-23-12-14-27-21(23)25)11-13-28-29(5,6)22(2,3)4/h8-10,15-16H,7,11-14H2,1-6H3/b19-16+. The van der Waals surface area contributed by atoms with E-state index in [0.29, 0.717) is 38.3 Å². The van der Waals surface area contributed by atoms with Crippen LogP contribution in [0.15, 0.2) is 30.5 Å². The molecule has 1 fully saturated rings. The minimum absolute atomic E-state index is 0.124. The van der Waals surface area contributed by atoms with Gasteiger partial charge in [-0.3, -0.25) is 4.90 Å². The average molecular weight is 420 g/mol. The summed E-state index contributed by atoms with van der Waals surface area (Å²) in [6.45, 7) is 14.6. The van der Waals surface area contributed by atoms with E-state index in [1.165, 1.54) is 0 Å². The van der Waals surface area contributed by atoms with Crippen molar-refractivity contribution < 1.29 is 23.5 Å². The maximum atomic E-state index is 12.1. The first kappa shape index (κ1) is 23.2. The van der Waals surface area contributed by atoms with Crippen molar-refractivity contribution >= 4 is 26.0 Å². The quantitative estimate of drug-likeness (QED) is 0.435. The van der Waals surface area contributed by atoms with Gasteiger partial charge in [-0.25, -0.2) is 9.59 Å². The summed E-state index contributed by atoms with van der Waals surface area (Å²) in [6, 6.07) is 7.29. The van der Waals surface area contributed by atoms with Crippen LogP contribution >= 0.6 is 0 Å². The van der Waals surface area contributed by atoms with Crippen molar-refractivity contribution in [3.63, 3.8) is 0 Å². The molecule has 6 nitrogen and oxygen atoms in total. The Balaban J connectivity index is 2.24. The number of nitrogens with zero attached hydrogens (tertiary/aromatic N) is 1. The van der Waals surface area contributed by atoms with Crippen molar-refractivity contribution in [2.24, 2.45) is 0 Å². The maximum Gasteiger partial charge on any atom is 0.413 e. The number of carbonyl (C=O) groups excluding carboxylic acids is 2. The zero-order chi connectivity index (χ0) is 21.7. The zero-order valence-corrected chi connectivity index (χ0v) is 19.4. The monoisotopic (exact) mass is 419 g/mol. The number of amides is 1. The molecule has 1 aliphatic rings. The Kier molecular flexibility index (Phi) is 7.65. The van der Waals surface area contributed by atoms with E-state index in [2.05, 4.69) is 33.9 Å². The molecule has 160 valence electrons. The second-order valence-electron chi connectivity index (χ2n) is 8.62. The smallest absolute Gasteiger partial charge is 0.413 e. The highest BCUT2D eigenvalue weighted by Gasteiger charge is 2.37. The molecule has 7 heteroatoms. The molecule has 0 unspecified atom stereocenters. The first-order chi connectivity index (χ1) is 13.5. The topological polar surface area (TPSA) is 65.1 Å². The van der Waals surface area contributed by atoms with Gasteiger partial charge in [-0.15, -0.1) is 0 Å². The summed E-state index contributed by atoms with van der Waals surface area (Å²) in [5.74, 6) is -0.355. The first-order valence-electron chi connectivity index (χ1n) is 10.1. The molecule has 2 rings (SSSR count). The fourth-order valence-corrected chi connectivity index (χ4v) is 3.73. The summed E-state index contributed by atoms with van der Waals surface area (Å²) in [7, 11) is -1.88. The van der Waals surface area contributed by atoms with Gasteiger partial charge < -0.3 is 13.9 Å².